The molecule has 116 valence electrons. The SMILES string of the molecule is CSc1cc2c(cc1SC)[Se]c1cc(SC)c(SC)cc1[Se]2. The third-order valence-electron chi connectivity index (χ3n) is 3.34. The van der Waals surface area contributed by atoms with Gasteiger partial charge in [-0.3, -0.25) is 0 Å². The van der Waals surface area contributed by atoms with Gasteiger partial charge in [-0.1, -0.05) is 0 Å². The van der Waals surface area contributed by atoms with Gasteiger partial charge in [-0.05, 0) is 0 Å². The van der Waals surface area contributed by atoms with Crippen LogP contribution in [-0.2, 0) is 0 Å². The first kappa shape index (κ1) is 17.7. The zero-order valence-electron chi connectivity index (χ0n) is 12.8. The van der Waals surface area contributed by atoms with Crippen LogP contribution in [0.15, 0.2) is 43.8 Å². The molecule has 0 spiro atoms. The zero-order valence-corrected chi connectivity index (χ0v) is 19.5. The Labute approximate surface area is 162 Å². The van der Waals surface area contributed by atoms with Crippen molar-refractivity contribution >= 4 is 94.8 Å². The van der Waals surface area contributed by atoms with Crippen LogP contribution in [0.4, 0.5) is 0 Å². The fourth-order valence-corrected chi connectivity index (χ4v) is 11.5. The maximum atomic E-state index is 2.46. The zero-order chi connectivity index (χ0) is 15.7. The van der Waals surface area contributed by atoms with Crippen LogP contribution in [0.25, 0.3) is 0 Å². The molecule has 0 saturated heterocycles. The third-order valence-corrected chi connectivity index (χ3v) is 12.7. The summed E-state index contributed by atoms with van der Waals surface area (Å²) in [6, 6.07) is 9.82. The molecule has 0 N–H and O–H groups in total. The minimum atomic E-state index is 0.452. The quantitative estimate of drug-likeness (QED) is 0.403. The molecular formula is C16H16S4Se2. The van der Waals surface area contributed by atoms with Crippen molar-refractivity contribution in [3.05, 3.63) is 24.3 Å². The molecule has 0 bridgehead atoms. The van der Waals surface area contributed by atoms with E-state index in [9.17, 15) is 0 Å². The van der Waals surface area contributed by atoms with Crippen molar-refractivity contribution in [3.63, 3.8) is 0 Å². The average Bonchev–Trinajstić information content (AvgIpc) is 2.57. The van der Waals surface area contributed by atoms with Crippen LogP contribution in [0, 0.1) is 0 Å². The predicted molar refractivity (Wildman–Crippen MR) is 110 cm³/mol. The van der Waals surface area contributed by atoms with Gasteiger partial charge in [0.15, 0.2) is 0 Å². The Hall–Kier alpha value is 0.879. The summed E-state index contributed by atoms with van der Waals surface area (Å²) in [6.45, 7) is 0. The van der Waals surface area contributed by atoms with Crippen molar-refractivity contribution in [3.8, 4) is 0 Å². The molecule has 0 amide bonds. The van der Waals surface area contributed by atoms with Crippen molar-refractivity contribution in [2.75, 3.05) is 25.0 Å². The Balaban J connectivity index is 2.05. The summed E-state index contributed by atoms with van der Waals surface area (Å²) in [5.41, 5.74) is 0. The van der Waals surface area contributed by atoms with Gasteiger partial charge in [0.2, 0.25) is 0 Å². The van der Waals surface area contributed by atoms with Crippen LogP contribution in [0.5, 0.6) is 0 Å². The first-order valence-electron chi connectivity index (χ1n) is 6.58. The molecule has 1 heterocycles. The van der Waals surface area contributed by atoms with Gasteiger partial charge in [-0.2, -0.15) is 0 Å². The maximum absolute atomic E-state index is 2.46. The second-order valence-corrected chi connectivity index (χ2v) is 12.5. The van der Waals surface area contributed by atoms with E-state index >= 15 is 0 Å². The molecule has 0 unspecified atom stereocenters. The average molecular weight is 494 g/mol. The standard InChI is InChI=1S/C16H16S4Se2/c1-17-9-5-13-14(6-10(9)18-2)22-16-8-12(20-4)11(19-3)7-15(16)21-13/h5-8H,1-4H3. The first-order chi connectivity index (χ1) is 10.7. The molecule has 1 aliphatic rings. The van der Waals surface area contributed by atoms with Gasteiger partial charge in [-0.15, -0.1) is 0 Å². The minimum absolute atomic E-state index is 0.452. The second kappa shape index (κ2) is 7.84. The van der Waals surface area contributed by atoms with Crippen molar-refractivity contribution in [2.45, 2.75) is 19.6 Å². The van der Waals surface area contributed by atoms with E-state index in [1.54, 1.807) is 17.8 Å². The van der Waals surface area contributed by atoms with E-state index in [-0.39, 0.29) is 0 Å². The molecule has 0 aliphatic carbocycles. The molecule has 0 radical (unpaired) electrons. The summed E-state index contributed by atoms with van der Waals surface area (Å²) in [5.74, 6) is 0. The summed E-state index contributed by atoms with van der Waals surface area (Å²) in [7, 11) is 0. The van der Waals surface area contributed by atoms with E-state index in [2.05, 4.69) is 49.3 Å². The molecule has 0 atom stereocenters. The fraction of sp³-hybridized carbons (Fsp3) is 0.250. The number of hydrogen-bond donors (Lipinski definition) is 0. The Morgan fingerprint density at radius 1 is 0.500 bits per heavy atom. The van der Waals surface area contributed by atoms with Crippen molar-refractivity contribution in [2.24, 2.45) is 0 Å². The number of thioether (sulfide) groups is 4. The van der Waals surface area contributed by atoms with Crippen molar-refractivity contribution in [1.29, 1.82) is 0 Å². The van der Waals surface area contributed by atoms with Crippen LogP contribution < -0.4 is 17.8 Å². The van der Waals surface area contributed by atoms with Crippen LogP contribution in [0.3, 0.4) is 0 Å². The van der Waals surface area contributed by atoms with Crippen LogP contribution >= 0.6 is 47.0 Å². The van der Waals surface area contributed by atoms with Crippen LogP contribution in [-0.4, -0.2) is 54.9 Å². The Morgan fingerprint density at radius 3 is 0.909 bits per heavy atom. The fourth-order valence-electron chi connectivity index (χ4n) is 2.24. The number of benzene rings is 2. The summed E-state index contributed by atoms with van der Waals surface area (Å²) >= 11 is 8.41. The van der Waals surface area contributed by atoms with Crippen LogP contribution in [0.2, 0.25) is 0 Å². The topological polar surface area (TPSA) is 0 Å². The Kier molecular flexibility index (Phi) is 6.31. The molecule has 2 aromatic rings. The van der Waals surface area contributed by atoms with Gasteiger partial charge in [0, 0.05) is 0 Å². The monoisotopic (exact) mass is 496 g/mol. The van der Waals surface area contributed by atoms with E-state index in [0.717, 1.165) is 0 Å². The molecular weight excluding hydrogens is 478 g/mol. The van der Waals surface area contributed by atoms with Gasteiger partial charge >= 0.3 is 164 Å². The molecule has 0 nitrogen and oxygen atoms in total. The Morgan fingerprint density at radius 2 is 0.727 bits per heavy atom. The van der Waals surface area contributed by atoms with Crippen molar-refractivity contribution < 1.29 is 0 Å². The molecule has 0 fully saturated rings. The van der Waals surface area contributed by atoms with E-state index in [1.165, 1.54) is 19.6 Å². The Bertz CT molecular complexity index is 596. The van der Waals surface area contributed by atoms with Crippen LogP contribution in [0.1, 0.15) is 0 Å². The molecule has 22 heavy (non-hydrogen) atoms. The van der Waals surface area contributed by atoms with Gasteiger partial charge in [-0.25, -0.2) is 0 Å². The number of hydrogen-bond acceptors (Lipinski definition) is 4. The third kappa shape index (κ3) is 3.45. The van der Waals surface area contributed by atoms with E-state index < -0.39 is 0 Å². The summed E-state index contributed by atoms with van der Waals surface area (Å²) in [4.78, 5) is 5.77. The number of fused-ring (bicyclic) bond motifs is 2. The van der Waals surface area contributed by atoms with Crippen molar-refractivity contribution in [1.82, 2.24) is 0 Å². The predicted octanol–water partition coefficient (Wildman–Crippen LogP) is 2.20. The summed E-state index contributed by atoms with van der Waals surface area (Å²) in [6.07, 6.45) is 8.75. The molecule has 3 rings (SSSR count). The molecule has 1 aliphatic heterocycles. The second-order valence-electron chi connectivity index (χ2n) is 4.51. The summed E-state index contributed by atoms with van der Waals surface area (Å²) in [5, 5.41) is 0. The molecule has 0 aromatic heterocycles. The molecule has 6 heteroatoms. The normalized spacial score (nSPS) is 12.9. The van der Waals surface area contributed by atoms with Gasteiger partial charge < -0.3 is 0 Å². The van der Waals surface area contributed by atoms with Gasteiger partial charge in [0.05, 0.1) is 0 Å². The van der Waals surface area contributed by atoms with E-state index in [4.69, 9.17) is 0 Å². The van der Waals surface area contributed by atoms with Gasteiger partial charge in [0.1, 0.15) is 0 Å². The molecule has 0 saturated carbocycles. The first-order valence-corrected chi connectivity index (χ1v) is 14.9. The molecule has 2 aromatic carbocycles. The summed E-state index contributed by atoms with van der Waals surface area (Å²) < 4.78 is 6.41. The van der Waals surface area contributed by atoms with E-state index in [0.29, 0.717) is 29.9 Å². The van der Waals surface area contributed by atoms with E-state index in [1.807, 2.05) is 47.0 Å². The number of rotatable bonds is 4. The van der Waals surface area contributed by atoms with Gasteiger partial charge in [0.25, 0.3) is 0 Å².